The van der Waals surface area contributed by atoms with Crippen LogP contribution in [-0.4, -0.2) is 29.5 Å². The minimum Gasteiger partial charge on any atom is -0.330 e. The third-order valence-corrected chi connectivity index (χ3v) is 3.80. The summed E-state index contributed by atoms with van der Waals surface area (Å²) in [6.07, 6.45) is 0.936. The van der Waals surface area contributed by atoms with E-state index in [1.54, 1.807) is 0 Å². The SMILES string of the molecule is CC1(CN)CCN(Cc2c(F)cccc2[N+](=O)[O-])C1. The van der Waals surface area contributed by atoms with E-state index in [0.717, 1.165) is 19.5 Å². The number of nitrogens with two attached hydrogens (primary N) is 1. The van der Waals surface area contributed by atoms with Gasteiger partial charge in [0.15, 0.2) is 0 Å². The van der Waals surface area contributed by atoms with Gasteiger partial charge in [-0.05, 0) is 31.0 Å². The molecule has 1 unspecified atom stereocenters. The zero-order valence-corrected chi connectivity index (χ0v) is 10.9. The predicted octanol–water partition coefficient (Wildman–Crippen LogP) is 1.90. The smallest absolute Gasteiger partial charge is 0.276 e. The van der Waals surface area contributed by atoms with Crippen LogP contribution >= 0.6 is 0 Å². The molecule has 1 fully saturated rings. The molecule has 0 spiro atoms. The van der Waals surface area contributed by atoms with Gasteiger partial charge in [-0.3, -0.25) is 15.0 Å². The van der Waals surface area contributed by atoms with Gasteiger partial charge in [-0.2, -0.15) is 0 Å². The maximum atomic E-state index is 13.8. The standard InChI is InChI=1S/C13H18FN3O2/c1-13(8-15)5-6-16(9-13)7-10-11(14)3-2-4-12(10)17(18)19/h2-4H,5-9,15H2,1H3. The molecule has 19 heavy (non-hydrogen) atoms. The van der Waals surface area contributed by atoms with Gasteiger partial charge in [0.05, 0.1) is 10.5 Å². The van der Waals surface area contributed by atoms with E-state index in [0.29, 0.717) is 6.54 Å². The summed E-state index contributed by atoms with van der Waals surface area (Å²) >= 11 is 0. The van der Waals surface area contributed by atoms with Crippen molar-refractivity contribution in [2.24, 2.45) is 11.1 Å². The number of nitro benzene ring substituents is 1. The van der Waals surface area contributed by atoms with E-state index in [1.807, 2.05) is 4.90 Å². The normalized spacial score (nSPS) is 23.7. The molecule has 2 N–H and O–H groups in total. The van der Waals surface area contributed by atoms with Gasteiger partial charge in [0.25, 0.3) is 5.69 Å². The average Bonchev–Trinajstić information content (AvgIpc) is 2.74. The second-order valence-electron chi connectivity index (χ2n) is 5.47. The zero-order chi connectivity index (χ0) is 14.0. The first-order chi connectivity index (χ1) is 8.95. The number of nitrogens with zero attached hydrogens (tertiary/aromatic N) is 2. The van der Waals surface area contributed by atoms with Gasteiger partial charge < -0.3 is 5.73 Å². The van der Waals surface area contributed by atoms with Crippen LogP contribution in [0.4, 0.5) is 10.1 Å². The monoisotopic (exact) mass is 267 g/mol. The molecular weight excluding hydrogens is 249 g/mol. The van der Waals surface area contributed by atoms with E-state index in [9.17, 15) is 14.5 Å². The Hall–Kier alpha value is -1.53. The third kappa shape index (κ3) is 2.90. The molecule has 104 valence electrons. The minimum atomic E-state index is -0.531. The minimum absolute atomic E-state index is 0.0278. The Labute approximate surface area is 111 Å². The molecule has 0 aliphatic carbocycles. The van der Waals surface area contributed by atoms with Gasteiger partial charge in [-0.25, -0.2) is 4.39 Å². The molecule has 2 rings (SSSR count). The number of hydrogen-bond acceptors (Lipinski definition) is 4. The van der Waals surface area contributed by atoms with Crippen LogP contribution in [-0.2, 0) is 6.54 Å². The Kier molecular flexibility index (Phi) is 3.82. The van der Waals surface area contributed by atoms with Crippen molar-refractivity contribution >= 4 is 5.69 Å². The first kappa shape index (κ1) is 13.9. The molecule has 0 radical (unpaired) electrons. The zero-order valence-electron chi connectivity index (χ0n) is 10.9. The molecule has 0 bridgehead atoms. The van der Waals surface area contributed by atoms with E-state index in [2.05, 4.69) is 6.92 Å². The largest absolute Gasteiger partial charge is 0.330 e. The van der Waals surface area contributed by atoms with Crippen molar-refractivity contribution in [1.82, 2.24) is 4.90 Å². The van der Waals surface area contributed by atoms with Crippen LogP contribution < -0.4 is 5.73 Å². The van der Waals surface area contributed by atoms with Crippen molar-refractivity contribution in [3.63, 3.8) is 0 Å². The summed E-state index contributed by atoms with van der Waals surface area (Å²) in [4.78, 5) is 12.4. The summed E-state index contributed by atoms with van der Waals surface area (Å²) in [6.45, 7) is 4.46. The Balaban J connectivity index is 2.18. The molecular formula is C13H18FN3O2. The highest BCUT2D eigenvalue weighted by atomic mass is 19.1. The molecule has 6 heteroatoms. The lowest BCUT2D eigenvalue weighted by molar-refractivity contribution is -0.385. The van der Waals surface area contributed by atoms with Crippen molar-refractivity contribution in [1.29, 1.82) is 0 Å². The van der Waals surface area contributed by atoms with E-state index in [-0.39, 0.29) is 23.2 Å². The number of nitro groups is 1. The van der Waals surface area contributed by atoms with Crippen molar-refractivity contribution in [2.45, 2.75) is 19.9 Å². The van der Waals surface area contributed by atoms with Crippen LogP contribution in [0.15, 0.2) is 18.2 Å². The van der Waals surface area contributed by atoms with Gasteiger partial charge in [0.2, 0.25) is 0 Å². The second-order valence-corrected chi connectivity index (χ2v) is 5.47. The first-order valence-corrected chi connectivity index (χ1v) is 6.29. The van der Waals surface area contributed by atoms with E-state index in [4.69, 9.17) is 5.73 Å². The molecule has 1 aromatic rings. The molecule has 0 saturated carbocycles. The van der Waals surface area contributed by atoms with Crippen molar-refractivity contribution in [3.8, 4) is 0 Å². The highest BCUT2D eigenvalue weighted by Crippen LogP contribution is 2.31. The van der Waals surface area contributed by atoms with E-state index in [1.165, 1.54) is 18.2 Å². The molecule has 1 aliphatic rings. The van der Waals surface area contributed by atoms with Gasteiger partial charge in [0, 0.05) is 19.2 Å². The summed E-state index contributed by atoms with van der Waals surface area (Å²) in [6, 6.07) is 3.97. The number of halogens is 1. The quantitative estimate of drug-likeness (QED) is 0.668. The van der Waals surface area contributed by atoms with Gasteiger partial charge in [-0.1, -0.05) is 13.0 Å². The van der Waals surface area contributed by atoms with Crippen LogP contribution in [0, 0.1) is 21.3 Å². The van der Waals surface area contributed by atoms with E-state index < -0.39 is 10.7 Å². The molecule has 0 amide bonds. The lowest BCUT2D eigenvalue weighted by Gasteiger charge is -2.22. The summed E-state index contributed by atoms with van der Waals surface area (Å²) in [5.41, 5.74) is 5.76. The molecule has 0 aromatic heterocycles. The van der Waals surface area contributed by atoms with Crippen LogP contribution in [0.3, 0.4) is 0 Å². The Bertz CT molecular complexity index is 495. The van der Waals surface area contributed by atoms with Crippen LogP contribution in [0.1, 0.15) is 18.9 Å². The highest BCUT2D eigenvalue weighted by Gasteiger charge is 2.33. The summed E-state index contributed by atoms with van der Waals surface area (Å²) in [7, 11) is 0. The van der Waals surface area contributed by atoms with Crippen LogP contribution in [0.2, 0.25) is 0 Å². The van der Waals surface area contributed by atoms with Crippen molar-refractivity contribution in [3.05, 3.63) is 39.7 Å². The highest BCUT2D eigenvalue weighted by molar-refractivity contribution is 5.40. The van der Waals surface area contributed by atoms with Crippen LogP contribution in [0.25, 0.3) is 0 Å². The Morgan fingerprint density at radius 1 is 1.58 bits per heavy atom. The number of rotatable bonds is 4. The third-order valence-electron chi connectivity index (χ3n) is 3.80. The summed E-state index contributed by atoms with van der Waals surface area (Å²) in [5.74, 6) is -0.518. The number of hydrogen-bond donors (Lipinski definition) is 1. The van der Waals surface area contributed by atoms with Gasteiger partial charge in [-0.15, -0.1) is 0 Å². The maximum absolute atomic E-state index is 13.8. The lowest BCUT2D eigenvalue weighted by Crippen LogP contribution is -2.31. The van der Waals surface area contributed by atoms with Crippen molar-refractivity contribution < 1.29 is 9.31 Å². The predicted molar refractivity (Wildman–Crippen MR) is 70.1 cm³/mol. The van der Waals surface area contributed by atoms with Crippen molar-refractivity contribution in [2.75, 3.05) is 19.6 Å². The Morgan fingerprint density at radius 3 is 2.89 bits per heavy atom. The molecule has 1 aromatic carbocycles. The summed E-state index contributed by atoms with van der Waals surface area (Å²) < 4.78 is 13.8. The lowest BCUT2D eigenvalue weighted by atomic mass is 9.90. The molecule has 1 saturated heterocycles. The van der Waals surface area contributed by atoms with Crippen LogP contribution in [0.5, 0.6) is 0 Å². The van der Waals surface area contributed by atoms with E-state index >= 15 is 0 Å². The molecule has 1 atom stereocenters. The van der Waals surface area contributed by atoms with Gasteiger partial charge >= 0.3 is 0 Å². The molecule has 1 heterocycles. The Morgan fingerprint density at radius 2 is 2.32 bits per heavy atom. The summed E-state index contributed by atoms with van der Waals surface area (Å²) in [5, 5.41) is 10.9. The van der Waals surface area contributed by atoms with Gasteiger partial charge in [0.1, 0.15) is 5.82 Å². The second kappa shape index (κ2) is 5.22. The number of likely N-dealkylation sites (tertiary alicyclic amines) is 1. The average molecular weight is 267 g/mol. The topological polar surface area (TPSA) is 72.4 Å². The fourth-order valence-electron chi connectivity index (χ4n) is 2.53. The fourth-order valence-corrected chi connectivity index (χ4v) is 2.53. The number of benzene rings is 1. The molecule has 1 aliphatic heterocycles. The first-order valence-electron chi connectivity index (χ1n) is 6.29. The molecule has 5 nitrogen and oxygen atoms in total. The fraction of sp³-hybridized carbons (Fsp3) is 0.538. The maximum Gasteiger partial charge on any atom is 0.276 e.